The molecule has 0 aliphatic carbocycles. The van der Waals surface area contributed by atoms with E-state index < -0.39 is 6.10 Å². The van der Waals surface area contributed by atoms with Crippen LogP contribution >= 0.6 is 0 Å². The molecule has 0 radical (unpaired) electrons. The number of ether oxygens (including phenoxy) is 2. The summed E-state index contributed by atoms with van der Waals surface area (Å²) in [6, 6.07) is 5.00. The molecule has 0 fully saturated rings. The molecule has 1 aromatic carbocycles. The van der Waals surface area contributed by atoms with Gasteiger partial charge >= 0.3 is 0 Å². The van der Waals surface area contributed by atoms with Gasteiger partial charge in [0.15, 0.2) is 17.6 Å². The molecule has 1 aliphatic rings. The first-order chi connectivity index (χ1) is 8.30. The van der Waals surface area contributed by atoms with Gasteiger partial charge in [0, 0.05) is 5.56 Å². The molecule has 0 saturated heterocycles. The summed E-state index contributed by atoms with van der Waals surface area (Å²) in [4.78, 5) is 10.6. The lowest BCUT2D eigenvalue weighted by molar-refractivity contribution is 0.0449. The van der Waals surface area contributed by atoms with Gasteiger partial charge in [-0.3, -0.25) is 0 Å². The van der Waals surface area contributed by atoms with Crippen molar-refractivity contribution in [3.8, 4) is 17.6 Å². The van der Waals surface area contributed by atoms with Gasteiger partial charge in [-0.1, -0.05) is 0 Å². The van der Waals surface area contributed by atoms with Crippen LogP contribution in [0.1, 0.15) is 5.56 Å². The monoisotopic (exact) mass is 234 g/mol. The number of fused-ring (bicyclic) bond motifs is 1. The van der Waals surface area contributed by atoms with E-state index in [-0.39, 0.29) is 25.3 Å². The predicted molar refractivity (Wildman–Crippen MR) is 58.2 cm³/mol. The SMILES string of the molecule is N#CCc1c(N=O)ccc2c1OC(CO)CO2. The lowest BCUT2D eigenvalue weighted by Crippen LogP contribution is -2.32. The van der Waals surface area contributed by atoms with E-state index in [9.17, 15) is 4.91 Å². The zero-order valence-corrected chi connectivity index (χ0v) is 8.92. The maximum atomic E-state index is 10.6. The number of hydrogen-bond donors (Lipinski definition) is 1. The fourth-order valence-electron chi connectivity index (χ4n) is 1.65. The molecule has 1 aliphatic heterocycles. The van der Waals surface area contributed by atoms with Crippen LogP contribution in [0.5, 0.6) is 11.5 Å². The highest BCUT2D eigenvalue weighted by molar-refractivity contribution is 5.61. The van der Waals surface area contributed by atoms with Crippen molar-refractivity contribution >= 4 is 5.69 Å². The van der Waals surface area contributed by atoms with Crippen LogP contribution in [0.2, 0.25) is 0 Å². The van der Waals surface area contributed by atoms with Gasteiger partial charge < -0.3 is 14.6 Å². The summed E-state index contributed by atoms with van der Waals surface area (Å²) in [6.45, 7) is 0.0491. The van der Waals surface area contributed by atoms with Crippen molar-refractivity contribution < 1.29 is 14.6 Å². The highest BCUT2D eigenvalue weighted by Crippen LogP contribution is 2.40. The summed E-state index contributed by atoms with van der Waals surface area (Å²) in [5, 5.41) is 20.6. The minimum atomic E-state index is -0.484. The van der Waals surface area contributed by atoms with Crippen LogP contribution < -0.4 is 9.47 Å². The summed E-state index contributed by atoms with van der Waals surface area (Å²) < 4.78 is 10.9. The molecule has 0 amide bonds. The molecule has 17 heavy (non-hydrogen) atoms. The van der Waals surface area contributed by atoms with Crippen LogP contribution in [-0.2, 0) is 6.42 Å². The minimum Gasteiger partial charge on any atom is -0.486 e. The van der Waals surface area contributed by atoms with E-state index in [2.05, 4.69) is 5.18 Å². The van der Waals surface area contributed by atoms with E-state index >= 15 is 0 Å². The van der Waals surface area contributed by atoms with Crippen LogP contribution in [0.25, 0.3) is 0 Å². The molecule has 1 heterocycles. The first-order valence-corrected chi connectivity index (χ1v) is 5.06. The summed E-state index contributed by atoms with van der Waals surface area (Å²) in [5.74, 6) is 0.793. The van der Waals surface area contributed by atoms with Crippen LogP contribution in [0.3, 0.4) is 0 Å². The first kappa shape index (κ1) is 11.4. The summed E-state index contributed by atoms with van der Waals surface area (Å²) in [7, 11) is 0. The van der Waals surface area contributed by atoms with Crippen molar-refractivity contribution in [2.75, 3.05) is 13.2 Å². The summed E-state index contributed by atoms with van der Waals surface area (Å²) in [5.41, 5.74) is 0.561. The van der Waals surface area contributed by atoms with E-state index in [1.54, 1.807) is 6.07 Å². The van der Waals surface area contributed by atoms with E-state index in [1.807, 2.05) is 6.07 Å². The van der Waals surface area contributed by atoms with Gasteiger partial charge in [-0.05, 0) is 17.3 Å². The van der Waals surface area contributed by atoms with Gasteiger partial charge in [0.2, 0.25) is 0 Å². The van der Waals surface area contributed by atoms with E-state index in [0.717, 1.165) is 0 Å². The second-order valence-corrected chi connectivity index (χ2v) is 3.55. The number of nitrogens with zero attached hydrogens (tertiary/aromatic N) is 2. The maximum Gasteiger partial charge on any atom is 0.168 e. The van der Waals surface area contributed by atoms with Gasteiger partial charge in [-0.2, -0.15) is 5.26 Å². The molecular formula is C11H10N2O4. The van der Waals surface area contributed by atoms with Gasteiger partial charge in [0.1, 0.15) is 12.3 Å². The molecule has 1 unspecified atom stereocenters. The normalized spacial score (nSPS) is 17.3. The van der Waals surface area contributed by atoms with E-state index in [1.165, 1.54) is 6.07 Å². The molecule has 6 heteroatoms. The number of nitriles is 1. The molecule has 6 nitrogen and oxygen atoms in total. The van der Waals surface area contributed by atoms with Gasteiger partial charge in [0.05, 0.1) is 19.1 Å². The molecule has 0 aromatic heterocycles. The number of aliphatic hydroxyl groups is 1. The molecular weight excluding hydrogens is 224 g/mol. The Balaban J connectivity index is 2.47. The third kappa shape index (κ3) is 2.05. The molecule has 1 atom stereocenters. The Bertz CT molecular complexity index is 481. The Morgan fingerprint density at radius 1 is 1.59 bits per heavy atom. The Labute approximate surface area is 97.4 Å². The Hall–Kier alpha value is -2.13. The number of nitroso groups, excluding NO2 is 1. The van der Waals surface area contributed by atoms with E-state index in [0.29, 0.717) is 17.1 Å². The zero-order valence-electron chi connectivity index (χ0n) is 8.92. The fraction of sp³-hybridized carbons (Fsp3) is 0.364. The maximum absolute atomic E-state index is 10.6. The molecule has 1 N–H and O–H groups in total. The lowest BCUT2D eigenvalue weighted by Gasteiger charge is -2.26. The van der Waals surface area contributed by atoms with Gasteiger partial charge in [-0.25, -0.2) is 0 Å². The Kier molecular flexibility index (Phi) is 3.21. The first-order valence-electron chi connectivity index (χ1n) is 5.06. The number of aliphatic hydroxyl groups excluding tert-OH is 1. The minimum absolute atomic E-state index is 0.00571. The smallest absolute Gasteiger partial charge is 0.168 e. The van der Waals surface area contributed by atoms with Crippen LogP contribution in [-0.4, -0.2) is 24.4 Å². The fourth-order valence-corrected chi connectivity index (χ4v) is 1.65. The van der Waals surface area contributed by atoms with Crippen LogP contribution in [0.15, 0.2) is 17.3 Å². The largest absolute Gasteiger partial charge is 0.486 e. The predicted octanol–water partition coefficient (Wildman–Crippen LogP) is 1.28. The van der Waals surface area contributed by atoms with Crippen LogP contribution in [0, 0.1) is 16.2 Å². The number of benzene rings is 1. The third-order valence-electron chi connectivity index (χ3n) is 2.47. The molecule has 0 saturated carbocycles. The molecule has 88 valence electrons. The van der Waals surface area contributed by atoms with Crippen molar-refractivity contribution in [3.05, 3.63) is 22.6 Å². The van der Waals surface area contributed by atoms with Crippen molar-refractivity contribution in [3.63, 3.8) is 0 Å². The third-order valence-corrected chi connectivity index (χ3v) is 2.47. The van der Waals surface area contributed by atoms with Crippen molar-refractivity contribution in [2.45, 2.75) is 12.5 Å². The lowest BCUT2D eigenvalue weighted by atomic mass is 10.1. The molecule has 0 bridgehead atoms. The molecule has 2 rings (SSSR count). The molecule has 1 aromatic rings. The summed E-state index contributed by atoms with van der Waals surface area (Å²) >= 11 is 0. The average Bonchev–Trinajstić information content (AvgIpc) is 2.39. The van der Waals surface area contributed by atoms with Crippen LogP contribution in [0.4, 0.5) is 5.69 Å². The highest BCUT2D eigenvalue weighted by atomic mass is 16.6. The quantitative estimate of drug-likeness (QED) is 0.795. The molecule has 0 spiro atoms. The average molecular weight is 234 g/mol. The number of hydrogen-bond acceptors (Lipinski definition) is 6. The number of rotatable bonds is 3. The topological polar surface area (TPSA) is 91.9 Å². The second-order valence-electron chi connectivity index (χ2n) is 3.55. The second kappa shape index (κ2) is 4.80. The van der Waals surface area contributed by atoms with Crippen molar-refractivity contribution in [1.29, 1.82) is 5.26 Å². The van der Waals surface area contributed by atoms with Gasteiger partial charge in [-0.15, -0.1) is 4.91 Å². The van der Waals surface area contributed by atoms with E-state index in [4.69, 9.17) is 19.8 Å². The highest BCUT2D eigenvalue weighted by Gasteiger charge is 2.25. The van der Waals surface area contributed by atoms with Crippen molar-refractivity contribution in [2.24, 2.45) is 5.18 Å². The zero-order chi connectivity index (χ0) is 12.3. The van der Waals surface area contributed by atoms with Gasteiger partial charge in [0.25, 0.3) is 0 Å². The Morgan fingerprint density at radius 2 is 2.41 bits per heavy atom. The summed E-state index contributed by atoms with van der Waals surface area (Å²) in [6.07, 6.45) is -0.479. The Morgan fingerprint density at radius 3 is 3.06 bits per heavy atom. The van der Waals surface area contributed by atoms with Crippen molar-refractivity contribution in [1.82, 2.24) is 0 Å². The standard InChI is InChI=1S/C11H10N2O4/c12-4-3-8-9(13-15)1-2-10-11(8)17-7(5-14)6-16-10/h1-2,7,14H,3,5-6H2.